The van der Waals surface area contributed by atoms with Gasteiger partial charge in [-0.3, -0.25) is 9.59 Å². The Morgan fingerprint density at radius 1 is 1.19 bits per heavy atom. The van der Waals surface area contributed by atoms with E-state index in [1.807, 2.05) is 0 Å². The largest absolute Gasteiger partial charge is 0.462 e. The Hall–Kier alpha value is -1.37. The SMILES string of the molecule is C=C1/C(=C/C=C2\CCC[C@]3(C)[C@@H]([C@H](C)/C=C/I)CC[C@@H]23)C[C@@H](OC(C)=O)C[C@@H]1OC(C)=O. The molecule has 3 aliphatic carbocycles. The Labute approximate surface area is 206 Å². The summed E-state index contributed by atoms with van der Waals surface area (Å²) in [6.07, 6.45) is 13.4. The number of hydrogen-bond acceptors (Lipinski definition) is 4. The van der Waals surface area contributed by atoms with Gasteiger partial charge < -0.3 is 9.47 Å². The van der Waals surface area contributed by atoms with Gasteiger partial charge in [0.2, 0.25) is 0 Å². The van der Waals surface area contributed by atoms with Crippen LogP contribution in [0, 0.1) is 23.2 Å². The Bertz CT molecular complexity index is 839. The van der Waals surface area contributed by atoms with E-state index in [2.05, 4.69) is 65.3 Å². The molecule has 3 saturated carbocycles. The molecule has 0 aromatic carbocycles. The summed E-state index contributed by atoms with van der Waals surface area (Å²) in [5, 5.41) is 0. The molecule has 0 aliphatic heterocycles. The van der Waals surface area contributed by atoms with Gasteiger partial charge in [-0.1, -0.05) is 66.8 Å². The highest BCUT2D eigenvalue weighted by atomic mass is 127. The third kappa shape index (κ3) is 5.57. The maximum atomic E-state index is 11.6. The number of halogens is 1. The fraction of sp³-hybridized carbons (Fsp3) is 0.630. The molecule has 0 heterocycles. The van der Waals surface area contributed by atoms with Gasteiger partial charge in [0.15, 0.2) is 0 Å². The van der Waals surface area contributed by atoms with E-state index in [1.165, 1.54) is 45.1 Å². The van der Waals surface area contributed by atoms with Crippen LogP contribution in [0.15, 0.2) is 45.6 Å². The minimum atomic E-state index is -0.441. The summed E-state index contributed by atoms with van der Waals surface area (Å²) in [6, 6.07) is 0. The predicted octanol–water partition coefficient (Wildman–Crippen LogP) is 6.85. The van der Waals surface area contributed by atoms with Gasteiger partial charge in [0.1, 0.15) is 12.2 Å². The van der Waals surface area contributed by atoms with Gasteiger partial charge in [0, 0.05) is 26.7 Å². The van der Waals surface area contributed by atoms with Gasteiger partial charge in [0.05, 0.1) is 0 Å². The van der Waals surface area contributed by atoms with Crippen molar-refractivity contribution in [2.45, 2.75) is 84.8 Å². The van der Waals surface area contributed by atoms with Crippen molar-refractivity contribution in [1.29, 1.82) is 0 Å². The lowest BCUT2D eigenvalue weighted by Crippen LogP contribution is -2.35. The quantitative estimate of drug-likeness (QED) is 0.277. The molecule has 0 bridgehead atoms. The standard InChI is InChI=1S/C27H37IO4/c1-17(12-14-28)24-10-11-25-21(7-6-13-27(24,25)5)8-9-22-15-23(31-19(3)29)16-26(18(22)2)32-20(4)30/h8-9,12,14,17,23-26H,2,6-7,10-11,13,15-16H2,1,3-5H3/b14-12+,21-8+,22-9+/t17-,23-,24-,25+,26+,27-/m1/s1. The maximum Gasteiger partial charge on any atom is 0.303 e. The van der Waals surface area contributed by atoms with Crippen LogP contribution < -0.4 is 0 Å². The van der Waals surface area contributed by atoms with Crippen LogP contribution in [0.4, 0.5) is 0 Å². The molecule has 0 spiro atoms. The Kier molecular flexibility index (Phi) is 8.45. The Morgan fingerprint density at radius 2 is 1.91 bits per heavy atom. The number of esters is 2. The predicted molar refractivity (Wildman–Crippen MR) is 136 cm³/mol. The number of rotatable bonds is 5. The monoisotopic (exact) mass is 552 g/mol. The van der Waals surface area contributed by atoms with Crippen LogP contribution in [0.2, 0.25) is 0 Å². The molecule has 32 heavy (non-hydrogen) atoms. The lowest BCUT2D eigenvalue weighted by molar-refractivity contribution is -0.152. The lowest BCUT2D eigenvalue weighted by atomic mass is 9.61. The molecule has 0 aromatic rings. The second kappa shape index (κ2) is 10.7. The molecule has 0 amide bonds. The molecule has 0 radical (unpaired) electrons. The fourth-order valence-corrected chi connectivity index (χ4v) is 7.12. The molecule has 0 saturated heterocycles. The van der Waals surface area contributed by atoms with Crippen LogP contribution in [0.1, 0.15) is 72.6 Å². The summed E-state index contributed by atoms with van der Waals surface area (Å²) < 4.78 is 13.1. The maximum absolute atomic E-state index is 11.6. The molecule has 3 fully saturated rings. The second-order valence-electron chi connectivity index (χ2n) is 10.0. The molecule has 0 aromatic heterocycles. The van der Waals surface area contributed by atoms with Gasteiger partial charge >= 0.3 is 11.9 Å². The summed E-state index contributed by atoms with van der Waals surface area (Å²) in [7, 11) is 0. The van der Waals surface area contributed by atoms with Crippen LogP contribution >= 0.6 is 22.6 Å². The first-order valence-corrected chi connectivity index (χ1v) is 13.1. The molecule has 176 valence electrons. The summed E-state index contributed by atoms with van der Waals surface area (Å²) >= 11 is 2.33. The van der Waals surface area contributed by atoms with Gasteiger partial charge in [-0.05, 0) is 70.5 Å². The number of ether oxygens (including phenoxy) is 2. The van der Waals surface area contributed by atoms with Crippen molar-refractivity contribution in [3.05, 3.63) is 45.6 Å². The number of fused-ring (bicyclic) bond motifs is 1. The van der Waals surface area contributed by atoms with Crippen LogP contribution in [0.25, 0.3) is 0 Å². The summed E-state index contributed by atoms with van der Waals surface area (Å²) in [5.74, 6) is 1.30. The average Bonchev–Trinajstić information content (AvgIpc) is 3.06. The summed E-state index contributed by atoms with van der Waals surface area (Å²) in [4.78, 5) is 23.1. The van der Waals surface area contributed by atoms with E-state index >= 15 is 0 Å². The van der Waals surface area contributed by atoms with Crippen LogP contribution in [-0.2, 0) is 19.1 Å². The lowest BCUT2D eigenvalue weighted by Gasteiger charge is -2.44. The van der Waals surface area contributed by atoms with E-state index in [-0.39, 0.29) is 18.0 Å². The Balaban J connectivity index is 1.84. The highest BCUT2D eigenvalue weighted by molar-refractivity contribution is 14.1. The summed E-state index contributed by atoms with van der Waals surface area (Å²) in [6.45, 7) is 11.9. The van der Waals surface area contributed by atoms with E-state index in [0.29, 0.717) is 30.1 Å². The van der Waals surface area contributed by atoms with E-state index in [4.69, 9.17) is 9.47 Å². The van der Waals surface area contributed by atoms with Gasteiger partial charge in [-0.2, -0.15) is 0 Å². The molecule has 3 aliphatic rings. The smallest absolute Gasteiger partial charge is 0.303 e. The number of carbonyl (C=O) groups is 2. The first kappa shape index (κ1) is 25.3. The van der Waals surface area contributed by atoms with E-state index < -0.39 is 6.10 Å². The first-order chi connectivity index (χ1) is 15.2. The molecule has 6 atom stereocenters. The second-order valence-corrected chi connectivity index (χ2v) is 10.7. The van der Waals surface area contributed by atoms with Crippen molar-refractivity contribution in [1.82, 2.24) is 0 Å². The van der Waals surface area contributed by atoms with Gasteiger partial charge in [-0.15, -0.1) is 0 Å². The molecular formula is C27H37IO4. The van der Waals surface area contributed by atoms with Gasteiger partial charge in [0.25, 0.3) is 0 Å². The highest BCUT2D eigenvalue weighted by Crippen LogP contribution is 2.59. The third-order valence-corrected chi connectivity index (χ3v) is 8.33. The molecule has 3 rings (SSSR count). The Morgan fingerprint density at radius 3 is 2.56 bits per heavy atom. The zero-order chi connectivity index (χ0) is 23.5. The molecule has 0 N–H and O–H groups in total. The normalized spacial score (nSPS) is 36.3. The van der Waals surface area contributed by atoms with Crippen LogP contribution in [-0.4, -0.2) is 24.1 Å². The number of hydrogen-bond donors (Lipinski definition) is 0. The first-order valence-electron chi connectivity index (χ1n) is 11.9. The molecule has 5 heteroatoms. The van der Waals surface area contributed by atoms with E-state index in [0.717, 1.165) is 23.5 Å². The zero-order valence-corrected chi connectivity index (χ0v) is 22.0. The third-order valence-electron chi connectivity index (χ3n) is 7.91. The van der Waals surface area contributed by atoms with Crippen LogP contribution in [0.3, 0.4) is 0 Å². The molecule has 4 nitrogen and oxygen atoms in total. The average molecular weight is 552 g/mol. The van der Waals surface area contributed by atoms with Crippen molar-refractivity contribution in [3.63, 3.8) is 0 Å². The molecular weight excluding hydrogens is 515 g/mol. The van der Waals surface area contributed by atoms with Crippen molar-refractivity contribution >= 4 is 34.5 Å². The number of allylic oxidation sites excluding steroid dienone is 4. The zero-order valence-electron chi connectivity index (χ0n) is 19.9. The minimum absolute atomic E-state index is 0.291. The van der Waals surface area contributed by atoms with Crippen molar-refractivity contribution in [2.24, 2.45) is 23.2 Å². The summed E-state index contributed by atoms with van der Waals surface area (Å²) in [5.41, 5.74) is 3.72. The fourth-order valence-electron chi connectivity index (χ4n) is 6.47. The van der Waals surface area contributed by atoms with Gasteiger partial charge in [-0.25, -0.2) is 0 Å². The van der Waals surface area contributed by atoms with Crippen molar-refractivity contribution in [2.75, 3.05) is 0 Å². The van der Waals surface area contributed by atoms with E-state index in [9.17, 15) is 9.59 Å². The highest BCUT2D eigenvalue weighted by Gasteiger charge is 2.50. The molecule has 0 unspecified atom stereocenters. The minimum Gasteiger partial charge on any atom is -0.462 e. The van der Waals surface area contributed by atoms with Crippen LogP contribution in [0.5, 0.6) is 0 Å². The van der Waals surface area contributed by atoms with Crippen molar-refractivity contribution < 1.29 is 19.1 Å². The topological polar surface area (TPSA) is 52.6 Å². The van der Waals surface area contributed by atoms with E-state index in [1.54, 1.807) is 0 Å². The van der Waals surface area contributed by atoms with Crippen molar-refractivity contribution in [3.8, 4) is 0 Å². The number of carbonyl (C=O) groups excluding carboxylic acids is 2.